The second-order valence-electron chi connectivity index (χ2n) is 5.70. The van der Waals surface area contributed by atoms with Gasteiger partial charge in [0.05, 0.1) is 18.6 Å². The molecule has 0 N–H and O–H groups in total. The maximum Gasteiger partial charge on any atom is 0.168 e. The van der Waals surface area contributed by atoms with E-state index < -0.39 is 5.41 Å². The molecular formula is C16H20FNO. The molecule has 2 atom stereocenters. The summed E-state index contributed by atoms with van der Waals surface area (Å²) in [5.74, 6) is 0.481. The maximum absolute atomic E-state index is 14.2. The van der Waals surface area contributed by atoms with Gasteiger partial charge in [-0.3, -0.25) is 0 Å². The van der Waals surface area contributed by atoms with Crippen LogP contribution in [0.25, 0.3) is 0 Å². The molecule has 1 aliphatic rings. The van der Waals surface area contributed by atoms with Crippen LogP contribution in [0.1, 0.15) is 38.2 Å². The number of hydrogen-bond donors (Lipinski definition) is 0. The highest BCUT2D eigenvalue weighted by Gasteiger charge is 2.36. The molecule has 2 rings (SSSR count). The Labute approximate surface area is 114 Å². The number of benzene rings is 1. The van der Waals surface area contributed by atoms with E-state index in [2.05, 4.69) is 13.0 Å². The van der Waals surface area contributed by atoms with Crippen molar-refractivity contribution in [2.45, 2.75) is 39.0 Å². The summed E-state index contributed by atoms with van der Waals surface area (Å²) in [6.45, 7) is 2.17. The number of ether oxygens (including phenoxy) is 1. The summed E-state index contributed by atoms with van der Waals surface area (Å²) >= 11 is 0. The van der Waals surface area contributed by atoms with Gasteiger partial charge in [0.2, 0.25) is 0 Å². The molecule has 2 nitrogen and oxygen atoms in total. The fourth-order valence-electron chi connectivity index (χ4n) is 3.18. The van der Waals surface area contributed by atoms with E-state index >= 15 is 0 Å². The highest BCUT2D eigenvalue weighted by Crippen LogP contribution is 2.42. The molecule has 0 aliphatic heterocycles. The van der Waals surface area contributed by atoms with Crippen molar-refractivity contribution < 1.29 is 9.13 Å². The minimum Gasteiger partial charge on any atom is -0.494 e. The van der Waals surface area contributed by atoms with Crippen molar-refractivity contribution in [1.82, 2.24) is 0 Å². The molecule has 1 aromatic rings. The molecule has 0 heterocycles. The van der Waals surface area contributed by atoms with Crippen molar-refractivity contribution >= 4 is 0 Å². The maximum atomic E-state index is 14.2. The van der Waals surface area contributed by atoms with Crippen LogP contribution in [0, 0.1) is 28.5 Å². The molecule has 1 aromatic carbocycles. The second-order valence-corrected chi connectivity index (χ2v) is 5.70. The van der Waals surface area contributed by atoms with Crippen molar-refractivity contribution in [2.75, 3.05) is 7.11 Å². The Kier molecular flexibility index (Phi) is 4.09. The Morgan fingerprint density at radius 1 is 1.53 bits per heavy atom. The molecule has 0 amide bonds. The Morgan fingerprint density at radius 2 is 2.32 bits per heavy atom. The van der Waals surface area contributed by atoms with Gasteiger partial charge in [-0.15, -0.1) is 0 Å². The van der Waals surface area contributed by atoms with Gasteiger partial charge in [-0.1, -0.05) is 31.9 Å². The molecule has 19 heavy (non-hydrogen) atoms. The lowest BCUT2D eigenvalue weighted by Crippen LogP contribution is -2.29. The predicted octanol–water partition coefficient (Wildman–Crippen LogP) is 4.10. The number of hydrogen-bond acceptors (Lipinski definition) is 2. The van der Waals surface area contributed by atoms with Crippen molar-refractivity contribution in [3.8, 4) is 11.8 Å². The first-order valence-corrected chi connectivity index (χ1v) is 6.83. The molecule has 102 valence electrons. The smallest absolute Gasteiger partial charge is 0.168 e. The SMILES string of the molecule is COc1cccc(CC2(C#N)CCCC(C)C2)c1F. The highest BCUT2D eigenvalue weighted by atomic mass is 19.1. The zero-order valence-corrected chi connectivity index (χ0v) is 11.6. The summed E-state index contributed by atoms with van der Waals surface area (Å²) in [5.41, 5.74) is 0.181. The predicted molar refractivity (Wildman–Crippen MR) is 72.3 cm³/mol. The van der Waals surface area contributed by atoms with Gasteiger partial charge in [0, 0.05) is 0 Å². The molecule has 0 aromatic heterocycles. The summed E-state index contributed by atoms with van der Waals surface area (Å²) in [5, 5.41) is 9.53. The van der Waals surface area contributed by atoms with Crippen LogP contribution in [0.5, 0.6) is 5.75 Å². The first-order chi connectivity index (χ1) is 9.10. The molecule has 1 aliphatic carbocycles. The van der Waals surface area contributed by atoms with Crippen LogP contribution >= 0.6 is 0 Å². The molecule has 2 unspecified atom stereocenters. The van der Waals surface area contributed by atoms with Gasteiger partial charge in [-0.25, -0.2) is 4.39 Å². The molecule has 0 spiro atoms. The second kappa shape index (κ2) is 5.61. The van der Waals surface area contributed by atoms with E-state index in [9.17, 15) is 9.65 Å². The number of rotatable bonds is 3. The zero-order chi connectivity index (χ0) is 13.9. The molecule has 1 saturated carbocycles. The van der Waals surface area contributed by atoms with Gasteiger partial charge in [0.1, 0.15) is 0 Å². The first-order valence-electron chi connectivity index (χ1n) is 6.83. The van der Waals surface area contributed by atoms with E-state index in [4.69, 9.17) is 4.74 Å². The van der Waals surface area contributed by atoms with E-state index in [1.807, 2.05) is 0 Å². The molecule has 3 heteroatoms. The fraction of sp³-hybridized carbons (Fsp3) is 0.562. The molecule has 0 saturated heterocycles. The molecular weight excluding hydrogens is 241 g/mol. The van der Waals surface area contributed by atoms with E-state index in [1.165, 1.54) is 13.5 Å². The van der Waals surface area contributed by atoms with Crippen LogP contribution in [-0.2, 0) is 6.42 Å². The number of methoxy groups -OCH3 is 1. The van der Waals surface area contributed by atoms with Crippen molar-refractivity contribution in [1.29, 1.82) is 5.26 Å². The average Bonchev–Trinajstić information content (AvgIpc) is 2.41. The normalized spacial score (nSPS) is 26.7. The zero-order valence-electron chi connectivity index (χ0n) is 11.6. The Balaban J connectivity index is 2.26. The van der Waals surface area contributed by atoms with E-state index in [0.29, 0.717) is 17.9 Å². The largest absolute Gasteiger partial charge is 0.494 e. The number of halogens is 1. The molecule has 0 bridgehead atoms. The minimum absolute atomic E-state index is 0.259. The van der Waals surface area contributed by atoms with Gasteiger partial charge < -0.3 is 4.74 Å². The van der Waals surface area contributed by atoms with Crippen molar-refractivity contribution in [2.24, 2.45) is 11.3 Å². The van der Waals surface area contributed by atoms with Crippen LogP contribution < -0.4 is 4.74 Å². The van der Waals surface area contributed by atoms with Crippen LogP contribution in [0.3, 0.4) is 0 Å². The number of nitriles is 1. The van der Waals surface area contributed by atoms with E-state index in [1.54, 1.807) is 18.2 Å². The van der Waals surface area contributed by atoms with Crippen LogP contribution in [0.4, 0.5) is 4.39 Å². The fourth-order valence-corrected chi connectivity index (χ4v) is 3.18. The quantitative estimate of drug-likeness (QED) is 0.820. The minimum atomic E-state index is -0.412. The van der Waals surface area contributed by atoms with Gasteiger partial charge >= 0.3 is 0 Å². The lowest BCUT2D eigenvalue weighted by molar-refractivity contribution is 0.207. The number of nitrogens with zero attached hydrogens (tertiary/aromatic N) is 1. The summed E-state index contributed by atoms with van der Waals surface area (Å²) in [7, 11) is 1.46. The Morgan fingerprint density at radius 3 is 2.95 bits per heavy atom. The lowest BCUT2D eigenvalue weighted by Gasteiger charge is -2.34. The van der Waals surface area contributed by atoms with Gasteiger partial charge in [-0.2, -0.15) is 5.26 Å². The highest BCUT2D eigenvalue weighted by molar-refractivity contribution is 5.32. The third-order valence-corrected chi connectivity index (χ3v) is 4.12. The van der Waals surface area contributed by atoms with Crippen molar-refractivity contribution in [3.05, 3.63) is 29.6 Å². The standard InChI is InChI=1S/C16H20FNO/c1-12-5-4-8-16(9-12,11-18)10-13-6-3-7-14(19-2)15(13)17/h3,6-7,12H,4-5,8-10H2,1-2H3. The van der Waals surface area contributed by atoms with Crippen LogP contribution in [0.2, 0.25) is 0 Å². The van der Waals surface area contributed by atoms with E-state index in [-0.39, 0.29) is 11.6 Å². The Bertz CT molecular complexity index is 494. The van der Waals surface area contributed by atoms with Gasteiger partial charge in [0.15, 0.2) is 11.6 Å². The van der Waals surface area contributed by atoms with Crippen molar-refractivity contribution in [3.63, 3.8) is 0 Å². The molecule has 1 fully saturated rings. The molecule has 0 radical (unpaired) electrons. The van der Waals surface area contributed by atoms with Crippen LogP contribution in [0.15, 0.2) is 18.2 Å². The van der Waals surface area contributed by atoms with E-state index in [0.717, 1.165) is 19.3 Å². The third-order valence-electron chi connectivity index (χ3n) is 4.12. The topological polar surface area (TPSA) is 33.0 Å². The first kappa shape index (κ1) is 13.9. The summed E-state index contributed by atoms with van der Waals surface area (Å²) in [6, 6.07) is 7.61. The summed E-state index contributed by atoms with van der Waals surface area (Å²) < 4.78 is 19.2. The summed E-state index contributed by atoms with van der Waals surface area (Å²) in [6.07, 6.45) is 4.44. The monoisotopic (exact) mass is 261 g/mol. The third kappa shape index (κ3) is 2.89. The van der Waals surface area contributed by atoms with Gasteiger partial charge in [-0.05, 0) is 36.8 Å². The summed E-state index contributed by atoms with van der Waals surface area (Å²) in [4.78, 5) is 0. The average molecular weight is 261 g/mol. The Hall–Kier alpha value is -1.56. The van der Waals surface area contributed by atoms with Gasteiger partial charge in [0.25, 0.3) is 0 Å². The lowest BCUT2D eigenvalue weighted by atomic mass is 9.68. The van der Waals surface area contributed by atoms with Crippen LogP contribution in [-0.4, -0.2) is 7.11 Å².